The lowest BCUT2D eigenvalue weighted by molar-refractivity contribution is 0.101. The van der Waals surface area contributed by atoms with Gasteiger partial charge in [-0.05, 0) is 43.3 Å². The number of carbonyl (C=O) groups excluding carboxylic acids is 2. The number of pyridine rings is 1. The molecule has 12 heteroatoms. The zero-order chi connectivity index (χ0) is 25.4. The van der Waals surface area contributed by atoms with Gasteiger partial charge in [0, 0.05) is 48.7 Å². The van der Waals surface area contributed by atoms with Gasteiger partial charge < -0.3 is 24.4 Å². The van der Waals surface area contributed by atoms with Gasteiger partial charge in [0.15, 0.2) is 0 Å². The third kappa shape index (κ3) is 4.21. The highest BCUT2D eigenvalue weighted by atomic mass is 19.1. The number of methoxy groups -OCH3 is 1. The van der Waals surface area contributed by atoms with Gasteiger partial charge in [-0.15, -0.1) is 0 Å². The quantitative estimate of drug-likeness (QED) is 0.460. The Bertz CT molecular complexity index is 1450. The first-order valence-electron chi connectivity index (χ1n) is 11.3. The van der Waals surface area contributed by atoms with E-state index < -0.39 is 11.7 Å². The molecule has 1 aliphatic heterocycles. The Balaban J connectivity index is 1.37. The third-order valence-electron chi connectivity index (χ3n) is 6.22. The fourth-order valence-electron chi connectivity index (χ4n) is 4.21. The fourth-order valence-corrected chi connectivity index (χ4v) is 4.21. The van der Waals surface area contributed by atoms with Crippen molar-refractivity contribution >= 4 is 29.3 Å². The largest absolute Gasteiger partial charge is 0.453 e. The average molecular weight is 493 g/mol. The molecule has 1 fully saturated rings. The van der Waals surface area contributed by atoms with Crippen molar-refractivity contribution in [1.82, 2.24) is 24.4 Å². The Morgan fingerprint density at radius 1 is 1.25 bits per heavy atom. The number of benzene rings is 1. The van der Waals surface area contributed by atoms with Gasteiger partial charge in [-0.1, -0.05) is 6.07 Å². The summed E-state index contributed by atoms with van der Waals surface area (Å²) in [5, 5.41) is 6.81. The van der Waals surface area contributed by atoms with Crippen LogP contribution in [0.1, 0.15) is 23.0 Å². The highest BCUT2D eigenvalue weighted by Gasteiger charge is 2.30. The Labute approximate surface area is 205 Å². The van der Waals surface area contributed by atoms with Crippen molar-refractivity contribution in [2.24, 2.45) is 0 Å². The topological polar surface area (TPSA) is 118 Å². The number of aromatic nitrogens is 4. The zero-order valence-electron chi connectivity index (χ0n) is 19.9. The molecular weight excluding hydrogens is 469 g/mol. The lowest BCUT2D eigenvalue weighted by Gasteiger charge is -2.38. The van der Waals surface area contributed by atoms with Crippen molar-refractivity contribution < 1.29 is 23.2 Å². The smallest absolute Gasteiger partial charge is 0.409 e. The van der Waals surface area contributed by atoms with Crippen LogP contribution in [0.2, 0.25) is 0 Å². The van der Waals surface area contributed by atoms with Gasteiger partial charge in [-0.25, -0.2) is 14.2 Å². The molecule has 1 atom stereocenters. The molecule has 0 bridgehead atoms. The van der Waals surface area contributed by atoms with Gasteiger partial charge >= 0.3 is 6.09 Å². The fraction of sp³-hybridized carbons (Fsp3) is 0.292. The van der Waals surface area contributed by atoms with Crippen LogP contribution in [0.4, 0.5) is 20.8 Å². The molecule has 2 amide bonds. The lowest BCUT2D eigenvalue weighted by Crippen LogP contribution is -2.54. The Morgan fingerprint density at radius 3 is 2.86 bits per heavy atom. The maximum Gasteiger partial charge on any atom is 0.409 e. The molecule has 1 aliphatic rings. The molecule has 0 radical (unpaired) electrons. The second-order valence-corrected chi connectivity index (χ2v) is 8.52. The number of halogens is 1. The number of ether oxygens (including phenoxy) is 1. The molecule has 0 aliphatic carbocycles. The second-order valence-electron chi connectivity index (χ2n) is 8.52. The van der Waals surface area contributed by atoms with Crippen LogP contribution >= 0.6 is 0 Å². The molecule has 5 rings (SSSR count). The summed E-state index contributed by atoms with van der Waals surface area (Å²) in [5.41, 5.74) is 1.82. The van der Waals surface area contributed by atoms with E-state index in [1.165, 1.54) is 19.4 Å². The lowest BCUT2D eigenvalue weighted by atomic mass is 10.1. The van der Waals surface area contributed by atoms with Gasteiger partial charge in [-0.3, -0.25) is 9.20 Å². The normalized spacial score (nSPS) is 15.8. The molecule has 0 saturated carbocycles. The number of amides is 2. The zero-order valence-corrected chi connectivity index (χ0v) is 19.9. The Kier molecular flexibility index (Phi) is 6.00. The Morgan fingerprint density at radius 2 is 2.08 bits per heavy atom. The number of nitrogens with one attached hydrogen (secondary N) is 1. The van der Waals surface area contributed by atoms with E-state index in [4.69, 9.17) is 9.26 Å². The number of hydrogen-bond donors (Lipinski definition) is 1. The van der Waals surface area contributed by atoms with Crippen molar-refractivity contribution in [3.05, 3.63) is 59.8 Å². The van der Waals surface area contributed by atoms with Crippen molar-refractivity contribution in [1.29, 1.82) is 0 Å². The minimum atomic E-state index is -0.527. The van der Waals surface area contributed by atoms with Crippen LogP contribution in [0, 0.1) is 12.7 Å². The first-order valence-corrected chi connectivity index (χ1v) is 11.3. The first kappa shape index (κ1) is 23.3. The molecule has 186 valence electrons. The molecule has 4 aromatic rings. The monoisotopic (exact) mass is 493 g/mol. The SMILES string of the molecule is COC(=O)N1CCN(c2noc(-c3cc(F)c(C)c(NC(=O)c4cnc5ccccn45)c3)n2)CC1C. The highest BCUT2D eigenvalue weighted by Crippen LogP contribution is 2.29. The van der Waals surface area contributed by atoms with Gasteiger partial charge in [0.25, 0.3) is 17.7 Å². The van der Waals surface area contributed by atoms with Gasteiger partial charge in [-0.2, -0.15) is 4.98 Å². The summed E-state index contributed by atoms with van der Waals surface area (Å²) in [5.74, 6) is -0.519. The number of hydrogen-bond acceptors (Lipinski definition) is 8. The number of fused-ring (bicyclic) bond motifs is 1. The van der Waals surface area contributed by atoms with E-state index in [1.54, 1.807) is 40.6 Å². The van der Waals surface area contributed by atoms with Gasteiger partial charge in [0.1, 0.15) is 17.2 Å². The molecule has 11 nitrogen and oxygen atoms in total. The molecule has 4 heterocycles. The summed E-state index contributed by atoms with van der Waals surface area (Å²) in [7, 11) is 1.35. The molecule has 3 aromatic heterocycles. The van der Waals surface area contributed by atoms with E-state index >= 15 is 0 Å². The molecular formula is C24H24FN7O4. The standard InChI is InChI=1S/C24H24FN7O4/c1-14-13-30(8-9-31(14)24(34)35-3)23-28-22(36-29-23)16-10-17(25)15(2)18(11-16)27-21(33)19-12-26-20-6-4-5-7-32(19)20/h4-7,10-12,14H,8-9,13H2,1-3H3,(H,27,33). The number of imidazole rings is 1. The maximum atomic E-state index is 14.8. The number of anilines is 2. The van der Waals surface area contributed by atoms with E-state index in [-0.39, 0.29) is 29.3 Å². The van der Waals surface area contributed by atoms with Gasteiger partial charge in [0.2, 0.25) is 0 Å². The van der Waals surface area contributed by atoms with E-state index in [0.717, 1.165) is 0 Å². The predicted octanol–water partition coefficient (Wildman–Crippen LogP) is 3.36. The van der Waals surface area contributed by atoms with Crippen LogP contribution in [0.15, 0.2) is 47.2 Å². The average Bonchev–Trinajstić information content (AvgIpc) is 3.54. The van der Waals surface area contributed by atoms with Crippen LogP contribution in [0.3, 0.4) is 0 Å². The molecule has 1 N–H and O–H groups in total. The van der Waals surface area contributed by atoms with Crippen LogP contribution < -0.4 is 10.2 Å². The second kappa shape index (κ2) is 9.29. The van der Waals surface area contributed by atoms with E-state index in [2.05, 4.69) is 20.4 Å². The number of carbonyl (C=O) groups is 2. The van der Waals surface area contributed by atoms with Crippen LogP contribution in [-0.4, -0.2) is 69.2 Å². The first-order chi connectivity index (χ1) is 17.4. The number of nitrogens with zero attached hydrogens (tertiary/aromatic N) is 6. The maximum absolute atomic E-state index is 14.8. The van der Waals surface area contributed by atoms with Crippen LogP contribution in [0.5, 0.6) is 0 Å². The summed E-state index contributed by atoms with van der Waals surface area (Å²) in [6.07, 6.45) is 2.81. The Hall–Kier alpha value is -4.48. The molecule has 1 unspecified atom stereocenters. The summed E-state index contributed by atoms with van der Waals surface area (Å²) < 4.78 is 26.7. The highest BCUT2D eigenvalue weighted by molar-refractivity contribution is 6.04. The predicted molar refractivity (Wildman–Crippen MR) is 128 cm³/mol. The van der Waals surface area contributed by atoms with Crippen molar-refractivity contribution in [3.8, 4) is 11.5 Å². The molecule has 1 saturated heterocycles. The molecule has 36 heavy (non-hydrogen) atoms. The molecule has 1 aromatic carbocycles. The van der Waals surface area contributed by atoms with E-state index in [9.17, 15) is 14.0 Å². The number of piperazine rings is 1. The third-order valence-corrected chi connectivity index (χ3v) is 6.22. The minimum absolute atomic E-state index is 0.109. The van der Waals surface area contributed by atoms with Crippen molar-refractivity contribution in [2.45, 2.75) is 19.9 Å². The van der Waals surface area contributed by atoms with Gasteiger partial charge in [0.05, 0.1) is 13.3 Å². The number of rotatable bonds is 4. The van der Waals surface area contributed by atoms with E-state index in [0.29, 0.717) is 42.5 Å². The van der Waals surface area contributed by atoms with Crippen LogP contribution in [-0.2, 0) is 4.74 Å². The van der Waals surface area contributed by atoms with E-state index in [1.807, 2.05) is 17.9 Å². The van der Waals surface area contributed by atoms with Crippen LogP contribution in [0.25, 0.3) is 17.1 Å². The van der Waals surface area contributed by atoms with Crippen molar-refractivity contribution in [2.75, 3.05) is 37.0 Å². The molecule has 0 spiro atoms. The van der Waals surface area contributed by atoms with Crippen molar-refractivity contribution in [3.63, 3.8) is 0 Å². The summed E-state index contributed by atoms with van der Waals surface area (Å²) in [6.45, 7) is 4.89. The summed E-state index contributed by atoms with van der Waals surface area (Å²) in [4.78, 5) is 37.0. The minimum Gasteiger partial charge on any atom is -0.453 e. The summed E-state index contributed by atoms with van der Waals surface area (Å²) in [6, 6.07) is 8.16. The summed E-state index contributed by atoms with van der Waals surface area (Å²) >= 11 is 0.